The van der Waals surface area contributed by atoms with Gasteiger partial charge in [-0.15, -0.1) is 11.3 Å². The average molecular weight is 332 g/mol. The molecule has 120 valence electrons. The Labute approximate surface area is 137 Å². The standard InChI is InChI=1S/C16H16N2O4S/c19-16(17-7-1-2-8-17)15-9-12(11-23-15)10-22-14-5-3-13(4-6-14)18(20)21/h3-6,9,11H,1-2,7-8,10H2. The molecule has 2 aromatic rings. The summed E-state index contributed by atoms with van der Waals surface area (Å²) in [4.78, 5) is 25.0. The number of hydrogen-bond donors (Lipinski definition) is 0. The van der Waals surface area contributed by atoms with E-state index in [1.807, 2.05) is 16.3 Å². The minimum absolute atomic E-state index is 0.0337. The Morgan fingerprint density at radius 3 is 2.61 bits per heavy atom. The summed E-state index contributed by atoms with van der Waals surface area (Å²) in [6.45, 7) is 2.01. The lowest BCUT2D eigenvalue weighted by Gasteiger charge is -2.13. The Kier molecular flexibility index (Phi) is 4.57. The number of ether oxygens (including phenoxy) is 1. The highest BCUT2D eigenvalue weighted by molar-refractivity contribution is 7.12. The van der Waals surface area contributed by atoms with Gasteiger partial charge in [-0.3, -0.25) is 14.9 Å². The van der Waals surface area contributed by atoms with Crippen molar-refractivity contribution in [3.05, 3.63) is 56.3 Å². The molecule has 1 aromatic carbocycles. The number of nitro groups is 1. The van der Waals surface area contributed by atoms with Crippen LogP contribution in [0.1, 0.15) is 28.1 Å². The fourth-order valence-electron chi connectivity index (χ4n) is 2.47. The SMILES string of the molecule is O=C(c1cc(COc2ccc([N+](=O)[O-])cc2)cs1)N1CCCC1. The van der Waals surface area contributed by atoms with Crippen molar-refractivity contribution in [2.75, 3.05) is 13.1 Å². The first-order chi connectivity index (χ1) is 11.1. The van der Waals surface area contributed by atoms with Crippen LogP contribution in [-0.4, -0.2) is 28.8 Å². The molecule has 3 rings (SSSR count). The van der Waals surface area contributed by atoms with E-state index in [1.54, 1.807) is 12.1 Å². The summed E-state index contributed by atoms with van der Waals surface area (Å²) < 4.78 is 5.60. The number of amides is 1. The van der Waals surface area contributed by atoms with Gasteiger partial charge in [-0.2, -0.15) is 0 Å². The molecule has 0 saturated carbocycles. The summed E-state index contributed by atoms with van der Waals surface area (Å²) in [6.07, 6.45) is 2.15. The Bertz CT molecular complexity index is 705. The van der Waals surface area contributed by atoms with E-state index in [0.29, 0.717) is 12.4 Å². The second kappa shape index (κ2) is 6.78. The van der Waals surface area contributed by atoms with Crippen molar-refractivity contribution in [2.45, 2.75) is 19.4 Å². The Morgan fingerprint density at radius 2 is 1.96 bits per heavy atom. The van der Waals surface area contributed by atoms with Crippen molar-refractivity contribution in [1.82, 2.24) is 4.90 Å². The van der Waals surface area contributed by atoms with Gasteiger partial charge in [0.1, 0.15) is 12.4 Å². The molecular weight excluding hydrogens is 316 g/mol. The largest absolute Gasteiger partial charge is 0.489 e. The van der Waals surface area contributed by atoms with Gasteiger partial charge < -0.3 is 9.64 Å². The first-order valence-electron chi connectivity index (χ1n) is 7.37. The van der Waals surface area contributed by atoms with Gasteiger partial charge in [-0.05, 0) is 36.4 Å². The summed E-state index contributed by atoms with van der Waals surface area (Å²) in [5.74, 6) is 0.656. The van der Waals surface area contributed by atoms with Crippen LogP contribution in [0, 0.1) is 10.1 Å². The van der Waals surface area contributed by atoms with Crippen LogP contribution in [0.5, 0.6) is 5.75 Å². The zero-order valence-corrected chi connectivity index (χ0v) is 13.3. The fourth-order valence-corrected chi connectivity index (χ4v) is 3.33. The number of nitro benzene ring substituents is 1. The predicted octanol–water partition coefficient (Wildman–Crippen LogP) is 3.47. The Hall–Kier alpha value is -2.41. The lowest BCUT2D eigenvalue weighted by Crippen LogP contribution is -2.26. The maximum Gasteiger partial charge on any atom is 0.269 e. The molecule has 0 bridgehead atoms. The molecular formula is C16H16N2O4S. The quantitative estimate of drug-likeness (QED) is 0.621. The van der Waals surface area contributed by atoms with Gasteiger partial charge in [0.2, 0.25) is 0 Å². The van der Waals surface area contributed by atoms with E-state index in [1.165, 1.54) is 23.5 Å². The van der Waals surface area contributed by atoms with Crippen LogP contribution < -0.4 is 4.74 Å². The van der Waals surface area contributed by atoms with Crippen LogP contribution in [0.25, 0.3) is 0 Å². The van der Waals surface area contributed by atoms with Gasteiger partial charge in [0, 0.05) is 30.8 Å². The molecule has 1 aromatic heterocycles. The maximum atomic E-state index is 12.3. The number of thiophene rings is 1. The highest BCUT2D eigenvalue weighted by Crippen LogP contribution is 2.22. The molecule has 0 aliphatic carbocycles. The third kappa shape index (κ3) is 3.68. The number of rotatable bonds is 5. The molecule has 7 heteroatoms. The molecule has 0 spiro atoms. The number of carbonyl (C=O) groups excluding carboxylic acids is 1. The molecule has 1 aliphatic rings. The highest BCUT2D eigenvalue weighted by atomic mass is 32.1. The van der Waals surface area contributed by atoms with Gasteiger partial charge in [-0.25, -0.2) is 0 Å². The first-order valence-corrected chi connectivity index (χ1v) is 8.25. The zero-order valence-electron chi connectivity index (χ0n) is 12.4. The molecule has 0 unspecified atom stereocenters. The summed E-state index contributed by atoms with van der Waals surface area (Å²) in [5, 5.41) is 12.5. The van der Waals surface area contributed by atoms with E-state index in [9.17, 15) is 14.9 Å². The molecule has 23 heavy (non-hydrogen) atoms. The molecule has 1 amide bonds. The maximum absolute atomic E-state index is 12.3. The zero-order chi connectivity index (χ0) is 16.2. The number of non-ortho nitro benzene ring substituents is 1. The summed E-state index contributed by atoms with van der Waals surface area (Å²) in [7, 11) is 0. The van der Waals surface area contributed by atoms with Crippen LogP contribution in [0.2, 0.25) is 0 Å². The van der Waals surface area contributed by atoms with E-state index >= 15 is 0 Å². The Morgan fingerprint density at radius 1 is 1.26 bits per heavy atom. The van der Waals surface area contributed by atoms with E-state index in [0.717, 1.165) is 36.4 Å². The van der Waals surface area contributed by atoms with Crippen molar-refractivity contribution in [2.24, 2.45) is 0 Å². The van der Waals surface area contributed by atoms with Crippen molar-refractivity contribution >= 4 is 22.9 Å². The first kappa shape index (κ1) is 15.5. The Balaban J connectivity index is 1.58. The lowest BCUT2D eigenvalue weighted by atomic mass is 10.3. The van der Waals surface area contributed by atoms with E-state index in [4.69, 9.17) is 4.74 Å². The fraction of sp³-hybridized carbons (Fsp3) is 0.312. The van der Waals surface area contributed by atoms with Crippen LogP contribution in [0.15, 0.2) is 35.7 Å². The molecule has 2 heterocycles. The van der Waals surface area contributed by atoms with Crippen molar-refractivity contribution in [1.29, 1.82) is 0 Å². The van der Waals surface area contributed by atoms with Gasteiger partial charge in [0.25, 0.3) is 11.6 Å². The number of likely N-dealkylation sites (tertiary alicyclic amines) is 1. The second-order valence-electron chi connectivity index (χ2n) is 5.36. The summed E-state index contributed by atoms with van der Waals surface area (Å²) >= 11 is 1.43. The normalized spacial score (nSPS) is 14.0. The van der Waals surface area contributed by atoms with E-state index in [-0.39, 0.29) is 11.6 Å². The van der Waals surface area contributed by atoms with Gasteiger partial charge in [0.05, 0.1) is 9.80 Å². The van der Waals surface area contributed by atoms with Gasteiger partial charge in [0.15, 0.2) is 0 Å². The molecule has 1 aliphatic heterocycles. The van der Waals surface area contributed by atoms with Crippen LogP contribution in [-0.2, 0) is 6.61 Å². The van der Waals surface area contributed by atoms with Crippen LogP contribution >= 0.6 is 11.3 Å². The third-order valence-electron chi connectivity index (χ3n) is 3.71. The van der Waals surface area contributed by atoms with Crippen LogP contribution in [0.4, 0.5) is 5.69 Å². The van der Waals surface area contributed by atoms with E-state index in [2.05, 4.69) is 0 Å². The number of benzene rings is 1. The molecule has 1 fully saturated rings. The molecule has 1 saturated heterocycles. The van der Waals surface area contributed by atoms with Crippen molar-refractivity contribution in [3.63, 3.8) is 0 Å². The summed E-state index contributed by atoms with van der Waals surface area (Å²) in [5.41, 5.74) is 0.960. The number of hydrogen-bond acceptors (Lipinski definition) is 5. The molecule has 6 nitrogen and oxygen atoms in total. The average Bonchev–Trinajstić information content (AvgIpc) is 3.24. The van der Waals surface area contributed by atoms with Gasteiger partial charge >= 0.3 is 0 Å². The minimum Gasteiger partial charge on any atom is -0.489 e. The van der Waals surface area contributed by atoms with Crippen molar-refractivity contribution < 1.29 is 14.5 Å². The highest BCUT2D eigenvalue weighted by Gasteiger charge is 2.20. The monoisotopic (exact) mass is 332 g/mol. The minimum atomic E-state index is -0.446. The smallest absolute Gasteiger partial charge is 0.269 e. The molecule has 0 N–H and O–H groups in total. The summed E-state index contributed by atoms with van der Waals surface area (Å²) in [6, 6.07) is 7.81. The van der Waals surface area contributed by atoms with Crippen LogP contribution in [0.3, 0.4) is 0 Å². The predicted molar refractivity (Wildman–Crippen MR) is 86.9 cm³/mol. The lowest BCUT2D eigenvalue weighted by molar-refractivity contribution is -0.384. The third-order valence-corrected chi connectivity index (χ3v) is 4.68. The number of carbonyl (C=O) groups is 1. The number of nitrogens with zero attached hydrogens (tertiary/aromatic N) is 2. The van der Waals surface area contributed by atoms with E-state index < -0.39 is 4.92 Å². The topological polar surface area (TPSA) is 72.7 Å². The molecule has 0 radical (unpaired) electrons. The second-order valence-corrected chi connectivity index (χ2v) is 6.27. The van der Waals surface area contributed by atoms with Crippen molar-refractivity contribution in [3.8, 4) is 5.75 Å². The molecule has 0 atom stereocenters. The van der Waals surface area contributed by atoms with Gasteiger partial charge in [-0.1, -0.05) is 0 Å².